The maximum atomic E-state index is 14.1. The highest BCUT2D eigenvalue weighted by Crippen LogP contribution is 2.50. The molecule has 3 aromatic carbocycles. The highest BCUT2D eigenvalue weighted by molar-refractivity contribution is 6.25. The van der Waals surface area contributed by atoms with Crippen molar-refractivity contribution in [1.29, 1.82) is 0 Å². The fraction of sp³-hybridized carbons (Fsp3) is 0.258. The zero-order chi connectivity index (χ0) is 28.0. The van der Waals surface area contributed by atoms with E-state index < -0.39 is 40.5 Å². The summed E-state index contributed by atoms with van der Waals surface area (Å²) in [5.74, 6) is -2.37. The zero-order valence-electron chi connectivity index (χ0n) is 21.8. The Hall–Kier alpha value is -4.79. The normalized spacial score (nSPS) is 22.6. The molecule has 0 aliphatic carbocycles. The number of unbranched alkanes of at least 4 members (excludes halogenated alkanes) is 1. The van der Waals surface area contributed by atoms with Crippen molar-refractivity contribution in [3.05, 3.63) is 100 Å². The first-order valence-corrected chi connectivity index (χ1v) is 13.4. The third kappa shape index (κ3) is 4.05. The molecule has 3 aromatic rings. The number of fused-ring (bicyclic) bond motifs is 5. The van der Waals surface area contributed by atoms with Gasteiger partial charge in [0.15, 0.2) is 5.78 Å². The van der Waals surface area contributed by atoms with Gasteiger partial charge in [0.1, 0.15) is 11.8 Å². The molecule has 0 bridgehead atoms. The van der Waals surface area contributed by atoms with Crippen molar-refractivity contribution < 1.29 is 24.0 Å². The molecule has 4 unspecified atom stereocenters. The number of benzene rings is 3. The number of para-hydroxylation sites is 1. The second kappa shape index (κ2) is 10.1. The molecule has 9 heteroatoms. The van der Waals surface area contributed by atoms with Crippen LogP contribution in [0.15, 0.2) is 78.9 Å². The van der Waals surface area contributed by atoms with E-state index in [-0.39, 0.29) is 17.2 Å². The van der Waals surface area contributed by atoms with Crippen molar-refractivity contribution in [3.8, 4) is 5.75 Å². The molecule has 0 N–H and O–H groups in total. The quantitative estimate of drug-likeness (QED) is 0.130. The number of ketones is 1. The second-order valence-corrected chi connectivity index (χ2v) is 10.2. The lowest BCUT2D eigenvalue weighted by Gasteiger charge is -2.36. The van der Waals surface area contributed by atoms with Crippen LogP contribution in [0.3, 0.4) is 0 Å². The number of Topliss-reactive ketones (excluding diaryl/α,β-unsaturated/α-hetero) is 1. The van der Waals surface area contributed by atoms with E-state index >= 15 is 0 Å². The minimum atomic E-state index is -1.01. The van der Waals surface area contributed by atoms with E-state index in [1.54, 1.807) is 24.3 Å². The van der Waals surface area contributed by atoms with Crippen LogP contribution >= 0.6 is 0 Å². The van der Waals surface area contributed by atoms with Crippen molar-refractivity contribution in [2.24, 2.45) is 11.8 Å². The SMILES string of the molecule is CCCCOc1ccc(N2C(=O)C3C(C2=O)C(C(=O)c2cccc([N+](=O)[O-])c2)N2c4ccccc4C=CC32)cc1. The van der Waals surface area contributed by atoms with Crippen LogP contribution in [0, 0.1) is 22.0 Å². The van der Waals surface area contributed by atoms with Crippen molar-refractivity contribution in [3.63, 3.8) is 0 Å². The summed E-state index contributed by atoms with van der Waals surface area (Å²) >= 11 is 0. The molecule has 0 radical (unpaired) electrons. The number of nitro benzene ring substituents is 1. The van der Waals surface area contributed by atoms with Gasteiger partial charge in [-0.25, -0.2) is 4.90 Å². The molecule has 0 aromatic heterocycles. The molecule has 9 nitrogen and oxygen atoms in total. The van der Waals surface area contributed by atoms with Crippen molar-refractivity contribution >= 4 is 40.7 Å². The number of non-ortho nitro benzene ring substituents is 1. The van der Waals surface area contributed by atoms with Gasteiger partial charge in [-0.1, -0.05) is 55.8 Å². The molecule has 2 saturated heterocycles. The minimum Gasteiger partial charge on any atom is -0.494 e. The van der Waals surface area contributed by atoms with Crippen molar-refractivity contribution in [1.82, 2.24) is 0 Å². The van der Waals surface area contributed by atoms with Crippen molar-refractivity contribution in [2.75, 3.05) is 16.4 Å². The van der Waals surface area contributed by atoms with Crippen LogP contribution in [-0.4, -0.2) is 41.2 Å². The summed E-state index contributed by atoms with van der Waals surface area (Å²) in [6, 6.07) is 18.3. The van der Waals surface area contributed by atoms with E-state index in [2.05, 4.69) is 6.92 Å². The summed E-state index contributed by atoms with van der Waals surface area (Å²) < 4.78 is 5.72. The predicted octanol–water partition coefficient (Wildman–Crippen LogP) is 5.05. The fourth-order valence-corrected chi connectivity index (χ4v) is 6.04. The Morgan fingerprint density at radius 3 is 2.48 bits per heavy atom. The average molecular weight is 538 g/mol. The Morgan fingerprint density at radius 1 is 0.975 bits per heavy atom. The van der Waals surface area contributed by atoms with Gasteiger partial charge in [0.2, 0.25) is 11.8 Å². The number of amides is 2. The van der Waals surface area contributed by atoms with Gasteiger partial charge >= 0.3 is 0 Å². The molecule has 6 rings (SSSR count). The number of nitrogens with zero attached hydrogens (tertiary/aromatic N) is 3. The molecule has 202 valence electrons. The summed E-state index contributed by atoms with van der Waals surface area (Å²) in [7, 11) is 0. The molecule has 3 heterocycles. The van der Waals surface area contributed by atoms with Gasteiger partial charge in [-0.2, -0.15) is 0 Å². The highest BCUT2D eigenvalue weighted by Gasteiger charge is 2.64. The van der Waals surface area contributed by atoms with Gasteiger partial charge in [0.05, 0.1) is 35.1 Å². The van der Waals surface area contributed by atoms with Gasteiger partial charge in [-0.3, -0.25) is 24.5 Å². The van der Waals surface area contributed by atoms with Crippen LogP contribution in [0.1, 0.15) is 35.7 Å². The zero-order valence-corrected chi connectivity index (χ0v) is 21.8. The Morgan fingerprint density at radius 2 is 1.73 bits per heavy atom. The molecule has 3 aliphatic rings. The number of nitro groups is 1. The number of ether oxygens (including phenoxy) is 1. The fourth-order valence-electron chi connectivity index (χ4n) is 6.04. The highest BCUT2D eigenvalue weighted by atomic mass is 16.6. The second-order valence-electron chi connectivity index (χ2n) is 10.2. The van der Waals surface area contributed by atoms with Gasteiger partial charge < -0.3 is 9.64 Å². The Bertz CT molecular complexity index is 1550. The lowest BCUT2D eigenvalue weighted by Crippen LogP contribution is -2.48. The monoisotopic (exact) mass is 537 g/mol. The van der Waals surface area contributed by atoms with E-state index in [9.17, 15) is 24.5 Å². The smallest absolute Gasteiger partial charge is 0.270 e. The first-order chi connectivity index (χ1) is 19.4. The first kappa shape index (κ1) is 25.5. The maximum Gasteiger partial charge on any atom is 0.270 e. The number of hydrogen-bond donors (Lipinski definition) is 0. The maximum absolute atomic E-state index is 14.1. The van der Waals surface area contributed by atoms with E-state index in [1.165, 1.54) is 29.2 Å². The predicted molar refractivity (Wildman–Crippen MR) is 149 cm³/mol. The standard InChI is InChI=1S/C31H27N3O6/c1-2-3-17-40-23-14-12-21(13-15-23)32-30(36)26-25-16-11-19-7-4-5-10-24(19)33(25)28(27(26)31(32)37)29(35)20-8-6-9-22(18-20)34(38)39/h4-16,18,25-28H,2-3,17H2,1H3. The summed E-state index contributed by atoms with van der Waals surface area (Å²) in [4.78, 5) is 55.9. The topological polar surface area (TPSA) is 110 Å². The summed E-state index contributed by atoms with van der Waals surface area (Å²) in [5.41, 5.74) is 1.94. The number of anilines is 2. The van der Waals surface area contributed by atoms with E-state index in [1.807, 2.05) is 41.3 Å². The lowest BCUT2D eigenvalue weighted by atomic mass is 9.86. The van der Waals surface area contributed by atoms with Crippen LogP contribution in [0.5, 0.6) is 5.75 Å². The van der Waals surface area contributed by atoms with E-state index in [0.29, 0.717) is 18.0 Å². The van der Waals surface area contributed by atoms with Gasteiger partial charge in [0.25, 0.3) is 5.69 Å². The van der Waals surface area contributed by atoms with Gasteiger partial charge in [-0.05, 0) is 42.3 Å². The summed E-state index contributed by atoms with van der Waals surface area (Å²) in [6.45, 7) is 2.65. The number of carbonyl (C=O) groups is 3. The Labute approximate surface area is 230 Å². The minimum absolute atomic E-state index is 0.123. The molecule has 2 amide bonds. The van der Waals surface area contributed by atoms with Gasteiger partial charge in [-0.15, -0.1) is 0 Å². The summed E-state index contributed by atoms with van der Waals surface area (Å²) in [5, 5.41) is 11.4. The van der Waals surface area contributed by atoms with E-state index in [0.717, 1.165) is 24.1 Å². The Kier molecular flexibility index (Phi) is 6.42. The average Bonchev–Trinajstić information content (AvgIpc) is 3.45. The molecule has 2 fully saturated rings. The molecular weight excluding hydrogens is 510 g/mol. The van der Waals surface area contributed by atoms with Crippen LogP contribution in [0.2, 0.25) is 0 Å². The van der Waals surface area contributed by atoms with Crippen LogP contribution < -0.4 is 14.5 Å². The molecule has 40 heavy (non-hydrogen) atoms. The molecular formula is C31H27N3O6. The Balaban J connectivity index is 1.40. The third-order valence-corrected chi connectivity index (χ3v) is 7.89. The number of carbonyl (C=O) groups excluding carboxylic acids is 3. The molecule has 4 atom stereocenters. The number of imide groups is 1. The van der Waals surface area contributed by atoms with Crippen molar-refractivity contribution in [2.45, 2.75) is 31.8 Å². The molecule has 0 saturated carbocycles. The number of rotatable bonds is 8. The van der Waals surface area contributed by atoms with Crippen LogP contribution in [0.25, 0.3) is 6.08 Å². The summed E-state index contributed by atoms with van der Waals surface area (Å²) in [6.07, 6.45) is 5.71. The largest absolute Gasteiger partial charge is 0.494 e. The lowest BCUT2D eigenvalue weighted by molar-refractivity contribution is -0.384. The molecule has 3 aliphatic heterocycles. The number of hydrogen-bond acceptors (Lipinski definition) is 7. The third-order valence-electron chi connectivity index (χ3n) is 7.89. The van der Waals surface area contributed by atoms with Crippen LogP contribution in [0.4, 0.5) is 17.1 Å². The first-order valence-electron chi connectivity index (χ1n) is 13.4. The van der Waals surface area contributed by atoms with Crippen LogP contribution in [-0.2, 0) is 9.59 Å². The van der Waals surface area contributed by atoms with E-state index in [4.69, 9.17) is 4.74 Å². The molecule has 0 spiro atoms. The van der Waals surface area contributed by atoms with Gasteiger partial charge in [0, 0.05) is 23.4 Å².